The maximum Gasteiger partial charge on any atom is 0.255 e. The largest absolute Gasteiger partial charge is 0.322 e. The van der Waals surface area contributed by atoms with Crippen molar-refractivity contribution in [3.63, 3.8) is 0 Å². The number of rotatable bonds is 7. The van der Waals surface area contributed by atoms with Crippen LogP contribution < -0.4 is 10.0 Å². The van der Waals surface area contributed by atoms with Gasteiger partial charge in [0.05, 0.1) is 5.25 Å². The molecule has 0 aromatic heterocycles. The van der Waals surface area contributed by atoms with Crippen molar-refractivity contribution < 1.29 is 13.2 Å². The van der Waals surface area contributed by atoms with Gasteiger partial charge in [0, 0.05) is 17.8 Å². The first-order chi connectivity index (χ1) is 12.2. The normalized spacial score (nSPS) is 12.8. The fourth-order valence-electron chi connectivity index (χ4n) is 2.41. The van der Waals surface area contributed by atoms with Crippen molar-refractivity contribution in [2.45, 2.75) is 38.9 Å². The Morgan fingerprint density at radius 2 is 1.69 bits per heavy atom. The van der Waals surface area contributed by atoms with Gasteiger partial charge in [-0.2, -0.15) is 0 Å². The fraction of sp³-hybridized carbons (Fsp3) is 0.350. The summed E-state index contributed by atoms with van der Waals surface area (Å²) in [5.41, 5.74) is 3.36. The highest BCUT2D eigenvalue weighted by atomic mass is 32.2. The van der Waals surface area contributed by atoms with E-state index < -0.39 is 15.3 Å². The van der Waals surface area contributed by atoms with E-state index in [0.29, 0.717) is 17.8 Å². The molecule has 26 heavy (non-hydrogen) atoms. The molecule has 0 heterocycles. The van der Waals surface area contributed by atoms with Crippen LogP contribution in [0.2, 0.25) is 0 Å². The van der Waals surface area contributed by atoms with Gasteiger partial charge in [0.2, 0.25) is 10.0 Å². The number of anilines is 1. The van der Waals surface area contributed by atoms with Crippen LogP contribution in [0.25, 0.3) is 0 Å². The Labute approximate surface area is 155 Å². The zero-order chi connectivity index (χ0) is 19.3. The number of amides is 1. The molecule has 5 nitrogen and oxygen atoms in total. The third kappa shape index (κ3) is 5.41. The van der Waals surface area contributed by atoms with Crippen molar-refractivity contribution in [1.82, 2.24) is 4.72 Å². The maximum atomic E-state index is 12.3. The van der Waals surface area contributed by atoms with Crippen molar-refractivity contribution in [1.29, 1.82) is 0 Å². The molecule has 2 N–H and O–H groups in total. The molecule has 0 aliphatic heterocycles. The summed E-state index contributed by atoms with van der Waals surface area (Å²) in [7, 11) is -3.27. The van der Waals surface area contributed by atoms with Crippen LogP contribution in [0.3, 0.4) is 0 Å². The molecule has 2 rings (SSSR count). The highest BCUT2D eigenvalue weighted by Crippen LogP contribution is 2.18. The molecule has 0 aliphatic rings. The van der Waals surface area contributed by atoms with Gasteiger partial charge in [-0.25, -0.2) is 13.1 Å². The minimum absolute atomic E-state index is 0.0325. The molecule has 140 valence electrons. The lowest BCUT2D eigenvalue weighted by Gasteiger charge is -2.15. The van der Waals surface area contributed by atoms with Gasteiger partial charge < -0.3 is 5.32 Å². The Morgan fingerprint density at radius 1 is 1.04 bits per heavy atom. The van der Waals surface area contributed by atoms with E-state index in [2.05, 4.69) is 10.0 Å². The third-order valence-electron chi connectivity index (χ3n) is 4.23. The van der Waals surface area contributed by atoms with Crippen molar-refractivity contribution in [2.24, 2.45) is 0 Å². The van der Waals surface area contributed by atoms with Gasteiger partial charge in [0.15, 0.2) is 0 Å². The van der Waals surface area contributed by atoms with Crippen LogP contribution in [0.4, 0.5) is 5.69 Å². The van der Waals surface area contributed by atoms with E-state index in [0.717, 1.165) is 11.1 Å². The second-order valence-corrected chi connectivity index (χ2v) is 9.11. The average Bonchev–Trinajstić information content (AvgIpc) is 2.60. The number of nitrogens with one attached hydrogen (secondary N) is 2. The molecule has 0 saturated carbocycles. The highest BCUT2D eigenvalue weighted by Gasteiger charge is 2.17. The molecule has 0 aliphatic carbocycles. The van der Waals surface area contributed by atoms with E-state index in [1.54, 1.807) is 19.9 Å². The number of benzene rings is 2. The first kappa shape index (κ1) is 20.1. The lowest BCUT2D eigenvalue weighted by molar-refractivity contribution is 0.102. The summed E-state index contributed by atoms with van der Waals surface area (Å²) in [5.74, 6) is -0.121. The molecule has 0 saturated heterocycles. The minimum Gasteiger partial charge on any atom is -0.322 e. The van der Waals surface area contributed by atoms with E-state index in [9.17, 15) is 13.2 Å². The minimum atomic E-state index is -3.27. The number of aryl methyl sites for hydroxylation is 1. The van der Waals surface area contributed by atoms with Crippen molar-refractivity contribution >= 4 is 21.6 Å². The number of carbonyl (C=O) groups is 1. The van der Waals surface area contributed by atoms with E-state index in [4.69, 9.17) is 0 Å². The predicted octanol–water partition coefficient (Wildman–Crippen LogP) is 3.68. The number of hydrogen-bond donors (Lipinski definition) is 2. The zero-order valence-electron chi connectivity index (χ0n) is 15.6. The van der Waals surface area contributed by atoms with E-state index in [-0.39, 0.29) is 11.8 Å². The SMILES string of the molecule is Cc1cccc(C(=O)Nc2ccc(C(C)CNS(=O)(=O)C(C)C)cc2)c1. The molecule has 2 aromatic rings. The molecule has 2 aromatic carbocycles. The van der Waals surface area contributed by atoms with E-state index in [1.165, 1.54) is 0 Å². The summed E-state index contributed by atoms with van der Waals surface area (Å²) < 4.78 is 26.3. The highest BCUT2D eigenvalue weighted by molar-refractivity contribution is 7.90. The monoisotopic (exact) mass is 374 g/mol. The standard InChI is InChI=1S/C20H26N2O3S/c1-14(2)26(24,25)21-13-16(4)17-8-10-19(11-9-17)22-20(23)18-7-5-6-15(3)12-18/h5-12,14,16,21H,13H2,1-4H3,(H,22,23). The van der Waals surface area contributed by atoms with Gasteiger partial charge in [-0.3, -0.25) is 4.79 Å². The Kier molecular flexibility index (Phi) is 6.56. The van der Waals surface area contributed by atoms with Crippen LogP contribution in [0.15, 0.2) is 48.5 Å². The lowest BCUT2D eigenvalue weighted by atomic mass is 10.0. The molecule has 0 radical (unpaired) electrons. The summed E-state index contributed by atoms with van der Waals surface area (Å²) in [6.45, 7) is 7.55. The first-order valence-corrected chi connectivity index (χ1v) is 10.2. The average molecular weight is 375 g/mol. The topological polar surface area (TPSA) is 75.3 Å². The van der Waals surface area contributed by atoms with Crippen molar-refractivity contribution in [2.75, 3.05) is 11.9 Å². The van der Waals surface area contributed by atoms with Crippen LogP contribution in [0.5, 0.6) is 0 Å². The Balaban J connectivity index is 1.98. The maximum absolute atomic E-state index is 12.3. The van der Waals surface area contributed by atoms with Gasteiger partial charge in [0.25, 0.3) is 5.91 Å². The quantitative estimate of drug-likeness (QED) is 0.776. The summed E-state index contributed by atoms with van der Waals surface area (Å²) >= 11 is 0. The molecule has 1 amide bonds. The Bertz CT molecular complexity index is 859. The molecule has 0 spiro atoms. The predicted molar refractivity (Wildman–Crippen MR) is 106 cm³/mol. The molecular weight excluding hydrogens is 348 g/mol. The van der Waals surface area contributed by atoms with Crippen molar-refractivity contribution in [3.8, 4) is 0 Å². The van der Waals surface area contributed by atoms with E-state index >= 15 is 0 Å². The van der Waals surface area contributed by atoms with Gasteiger partial charge in [-0.05, 0) is 56.5 Å². The van der Waals surface area contributed by atoms with E-state index in [1.807, 2.05) is 56.3 Å². The second-order valence-electron chi connectivity index (χ2n) is 6.79. The van der Waals surface area contributed by atoms with Crippen molar-refractivity contribution in [3.05, 3.63) is 65.2 Å². The number of hydrogen-bond acceptors (Lipinski definition) is 3. The summed E-state index contributed by atoms with van der Waals surface area (Å²) in [5, 5.41) is 2.42. The molecule has 0 bridgehead atoms. The van der Waals surface area contributed by atoms with Crippen LogP contribution in [0, 0.1) is 6.92 Å². The van der Waals surface area contributed by atoms with Gasteiger partial charge >= 0.3 is 0 Å². The smallest absolute Gasteiger partial charge is 0.255 e. The lowest BCUT2D eigenvalue weighted by Crippen LogP contribution is -2.33. The van der Waals surface area contributed by atoms with Gasteiger partial charge in [-0.1, -0.05) is 36.8 Å². The first-order valence-electron chi connectivity index (χ1n) is 8.65. The van der Waals surface area contributed by atoms with Crippen LogP contribution in [0.1, 0.15) is 48.2 Å². The molecule has 1 unspecified atom stereocenters. The summed E-state index contributed by atoms with van der Waals surface area (Å²) in [6, 6.07) is 14.9. The number of sulfonamides is 1. The second kappa shape index (κ2) is 8.47. The third-order valence-corrected chi connectivity index (χ3v) is 6.04. The molecule has 6 heteroatoms. The zero-order valence-corrected chi connectivity index (χ0v) is 16.4. The molecular formula is C20H26N2O3S. The molecule has 0 fully saturated rings. The molecule has 1 atom stereocenters. The number of carbonyl (C=O) groups excluding carboxylic acids is 1. The Hall–Kier alpha value is -2.18. The van der Waals surface area contributed by atoms with Crippen LogP contribution in [-0.4, -0.2) is 26.1 Å². The van der Waals surface area contributed by atoms with Gasteiger partial charge in [-0.15, -0.1) is 0 Å². The van der Waals surface area contributed by atoms with Crippen LogP contribution >= 0.6 is 0 Å². The Morgan fingerprint density at radius 3 is 2.27 bits per heavy atom. The van der Waals surface area contributed by atoms with Gasteiger partial charge in [0.1, 0.15) is 0 Å². The van der Waals surface area contributed by atoms with Crippen LogP contribution in [-0.2, 0) is 10.0 Å². The fourth-order valence-corrected chi connectivity index (χ4v) is 3.23. The summed E-state index contributed by atoms with van der Waals surface area (Å²) in [6.07, 6.45) is 0. The summed E-state index contributed by atoms with van der Waals surface area (Å²) in [4.78, 5) is 12.3.